The van der Waals surface area contributed by atoms with E-state index in [1.807, 2.05) is 12.1 Å². The number of nitrogens with zero attached hydrogens (tertiary/aromatic N) is 1. The van der Waals surface area contributed by atoms with Gasteiger partial charge in [-0.15, -0.1) is 11.3 Å². The highest BCUT2D eigenvalue weighted by Gasteiger charge is 2.17. The van der Waals surface area contributed by atoms with Crippen LogP contribution in [0.25, 0.3) is 0 Å². The van der Waals surface area contributed by atoms with Crippen LogP contribution in [0.3, 0.4) is 0 Å². The van der Waals surface area contributed by atoms with Crippen LogP contribution in [0, 0.1) is 0 Å². The lowest BCUT2D eigenvalue weighted by molar-refractivity contribution is 0.0347. The van der Waals surface area contributed by atoms with Crippen LogP contribution in [0.1, 0.15) is 24.0 Å². The zero-order valence-electron chi connectivity index (χ0n) is 15.9. The molecule has 2 aromatic heterocycles. The molecule has 2 aromatic rings. The van der Waals surface area contributed by atoms with Gasteiger partial charge in [0.1, 0.15) is 5.76 Å². The Morgan fingerprint density at radius 3 is 3.07 bits per heavy atom. The van der Waals surface area contributed by atoms with Crippen molar-refractivity contribution >= 4 is 17.3 Å². The Labute approximate surface area is 165 Å². The Morgan fingerprint density at radius 2 is 2.33 bits per heavy atom. The number of thiophene rings is 1. The van der Waals surface area contributed by atoms with Gasteiger partial charge >= 0.3 is 0 Å². The van der Waals surface area contributed by atoms with Gasteiger partial charge in [0, 0.05) is 43.5 Å². The molecular weight excluding hydrogens is 362 g/mol. The molecule has 1 fully saturated rings. The Hall–Kier alpha value is -1.83. The summed E-state index contributed by atoms with van der Waals surface area (Å²) in [6.45, 7) is 5.77. The van der Waals surface area contributed by atoms with E-state index in [2.05, 4.69) is 35.1 Å². The molecule has 1 saturated heterocycles. The van der Waals surface area contributed by atoms with E-state index in [-0.39, 0.29) is 12.1 Å². The third-order valence-electron chi connectivity index (χ3n) is 4.31. The number of rotatable bonds is 10. The monoisotopic (exact) mass is 391 g/mol. The summed E-state index contributed by atoms with van der Waals surface area (Å²) in [6, 6.07) is 8.30. The minimum absolute atomic E-state index is 0.169. The summed E-state index contributed by atoms with van der Waals surface area (Å²) >= 11 is 1.77. The van der Waals surface area contributed by atoms with Gasteiger partial charge in [-0.05, 0) is 36.9 Å². The SMILES string of the molecule is CC(COC1CCOC1)NC(=NCCc1cccs1)NCCc1ccco1. The summed E-state index contributed by atoms with van der Waals surface area (Å²) in [6.07, 6.45) is 4.68. The molecule has 148 valence electrons. The summed E-state index contributed by atoms with van der Waals surface area (Å²) in [5, 5.41) is 8.95. The van der Waals surface area contributed by atoms with Gasteiger partial charge < -0.3 is 24.5 Å². The summed E-state index contributed by atoms with van der Waals surface area (Å²) in [5.41, 5.74) is 0. The molecule has 6 nitrogen and oxygen atoms in total. The van der Waals surface area contributed by atoms with Crippen molar-refractivity contribution in [2.75, 3.05) is 32.9 Å². The molecule has 0 aliphatic carbocycles. The van der Waals surface area contributed by atoms with Crippen LogP contribution in [0.4, 0.5) is 0 Å². The zero-order chi connectivity index (χ0) is 18.7. The molecule has 0 aromatic carbocycles. The third-order valence-corrected chi connectivity index (χ3v) is 5.24. The van der Waals surface area contributed by atoms with Crippen LogP contribution in [0.15, 0.2) is 45.3 Å². The van der Waals surface area contributed by atoms with Crippen molar-refractivity contribution < 1.29 is 13.9 Å². The molecule has 0 amide bonds. The van der Waals surface area contributed by atoms with E-state index in [0.29, 0.717) is 13.2 Å². The highest BCUT2D eigenvalue weighted by atomic mass is 32.1. The molecule has 7 heteroatoms. The van der Waals surface area contributed by atoms with Crippen molar-refractivity contribution in [2.45, 2.75) is 38.3 Å². The molecule has 0 saturated carbocycles. The second-order valence-corrected chi connectivity index (χ2v) is 7.71. The lowest BCUT2D eigenvalue weighted by Gasteiger charge is -2.20. The van der Waals surface area contributed by atoms with Crippen LogP contribution in [-0.4, -0.2) is 51.0 Å². The van der Waals surface area contributed by atoms with Gasteiger partial charge in [0.15, 0.2) is 5.96 Å². The van der Waals surface area contributed by atoms with Crippen LogP contribution in [-0.2, 0) is 22.3 Å². The highest BCUT2D eigenvalue weighted by molar-refractivity contribution is 7.09. The fourth-order valence-electron chi connectivity index (χ4n) is 2.84. The zero-order valence-corrected chi connectivity index (χ0v) is 16.7. The van der Waals surface area contributed by atoms with Crippen LogP contribution >= 0.6 is 11.3 Å². The van der Waals surface area contributed by atoms with Crippen molar-refractivity contribution in [1.29, 1.82) is 0 Å². The first-order valence-electron chi connectivity index (χ1n) is 9.58. The number of hydrogen-bond donors (Lipinski definition) is 2. The summed E-state index contributed by atoms with van der Waals surface area (Å²) in [7, 11) is 0. The molecule has 3 heterocycles. The van der Waals surface area contributed by atoms with E-state index in [9.17, 15) is 0 Å². The predicted octanol–water partition coefficient (Wildman–Crippen LogP) is 2.86. The van der Waals surface area contributed by atoms with Crippen LogP contribution < -0.4 is 10.6 Å². The molecule has 1 aliphatic rings. The second-order valence-electron chi connectivity index (χ2n) is 6.68. The largest absolute Gasteiger partial charge is 0.469 e. The maximum Gasteiger partial charge on any atom is 0.191 e. The van der Waals surface area contributed by atoms with E-state index >= 15 is 0 Å². The van der Waals surface area contributed by atoms with E-state index < -0.39 is 0 Å². The first-order chi connectivity index (χ1) is 13.3. The lowest BCUT2D eigenvalue weighted by Crippen LogP contribution is -2.45. The van der Waals surface area contributed by atoms with Gasteiger partial charge in [-0.25, -0.2) is 0 Å². The topological polar surface area (TPSA) is 68.0 Å². The first kappa shape index (κ1) is 19.9. The van der Waals surface area contributed by atoms with Gasteiger partial charge in [0.2, 0.25) is 0 Å². The Morgan fingerprint density at radius 1 is 1.37 bits per heavy atom. The predicted molar refractivity (Wildman–Crippen MR) is 109 cm³/mol. The maximum atomic E-state index is 5.91. The lowest BCUT2D eigenvalue weighted by atomic mass is 10.3. The number of guanidine groups is 1. The number of nitrogens with one attached hydrogen (secondary N) is 2. The van der Waals surface area contributed by atoms with E-state index in [4.69, 9.17) is 18.9 Å². The summed E-state index contributed by atoms with van der Waals surface area (Å²) < 4.78 is 16.7. The Kier molecular flexibility index (Phi) is 8.20. The minimum atomic E-state index is 0.169. The Balaban J connectivity index is 1.45. The quantitative estimate of drug-likeness (QED) is 0.482. The van der Waals surface area contributed by atoms with Gasteiger partial charge in [0.05, 0.1) is 25.6 Å². The number of hydrogen-bond acceptors (Lipinski definition) is 5. The van der Waals surface area contributed by atoms with Gasteiger partial charge in [0.25, 0.3) is 0 Å². The third kappa shape index (κ3) is 7.36. The van der Waals surface area contributed by atoms with E-state index in [0.717, 1.165) is 50.7 Å². The molecule has 1 aliphatic heterocycles. The molecule has 27 heavy (non-hydrogen) atoms. The molecular formula is C20H29N3O3S. The van der Waals surface area contributed by atoms with Crippen molar-refractivity contribution in [3.63, 3.8) is 0 Å². The summed E-state index contributed by atoms with van der Waals surface area (Å²) in [4.78, 5) is 6.08. The fourth-order valence-corrected chi connectivity index (χ4v) is 3.54. The van der Waals surface area contributed by atoms with Crippen LogP contribution in [0.2, 0.25) is 0 Å². The maximum absolute atomic E-state index is 5.91. The highest BCUT2D eigenvalue weighted by Crippen LogP contribution is 2.09. The molecule has 2 N–H and O–H groups in total. The minimum Gasteiger partial charge on any atom is -0.469 e. The van der Waals surface area contributed by atoms with Crippen molar-refractivity contribution in [3.05, 3.63) is 46.5 Å². The number of furan rings is 1. The molecule has 0 spiro atoms. The Bertz CT molecular complexity index is 652. The van der Waals surface area contributed by atoms with Gasteiger partial charge in [-0.2, -0.15) is 0 Å². The van der Waals surface area contributed by atoms with Crippen LogP contribution in [0.5, 0.6) is 0 Å². The molecule has 3 rings (SSSR count). The van der Waals surface area contributed by atoms with Crippen molar-refractivity contribution in [2.24, 2.45) is 4.99 Å². The second kappa shape index (κ2) is 11.1. The average Bonchev–Trinajstić information content (AvgIpc) is 3.42. The molecule has 2 unspecified atom stereocenters. The smallest absolute Gasteiger partial charge is 0.191 e. The average molecular weight is 392 g/mol. The normalized spacial score (nSPS) is 18.6. The fraction of sp³-hybridized carbons (Fsp3) is 0.550. The number of ether oxygens (including phenoxy) is 2. The summed E-state index contributed by atoms with van der Waals surface area (Å²) in [5.74, 6) is 1.79. The van der Waals surface area contributed by atoms with E-state index in [1.54, 1.807) is 17.6 Å². The molecule has 0 bridgehead atoms. The molecule has 2 atom stereocenters. The first-order valence-corrected chi connectivity index (χ1v) is 10.5. The van der Waals surface area contributed by atoms with E-state index in [1.165, 1.54) is 4.88 Å². The number of aliphatic imine (C=N–C) groups is 1. The van der Waals surface area contributed by atoms with Gasteiger partial charge in [-0.1, -0.05) is 6.07 Å². The van der Waals surface area contributed by atoms with Crippen molar-refractivity contribution in [1.82, 2.24) is 10.6 Å². The van der Waals surface area contributed by atoms with Gasteiger partial charge in [-0.3, -0.25) is 4.99 Å². The van der Waals surface area contributed by atoms with Crippen molar-refractivity contribution in [3.8, 4) is 0 Å². The standard InChI is InChI=1S/C20H29N3O3S/c1-16(14-26-18-8-12-24-15-18)23-20(21-9-6-17-4-2-11-25-17)22-10-7-19-5-3-13-27-19/h2-5,11,13,16,18H,6-10,12,14-15H2,1H3,(H2,21,22,23). The molecule has 0 radical (unpaired) electrons.